The SMILES string of the molecule is Cc1cccc(-c2noc(CNC(=O)NC(C)(C)C)n2)c1. The molecule has 0 atom stereocenters. The molecule has 0 aliphatic carbocycles. The molecule has 0 aliphatic rings. The molecule has 6 heteroatoms. The zero-order valence-corrected chi connectivity index (χ0v) is 12.7. The lowest BCUT2D eigenvalue weighted by Gasteiger charge is -2.20. The Kier molecular flexibility index (Phi) is 4.26. The summed E-state index contributed by atoms with van der Waals surface area (Å²) >= 11 is 0. The van der Waals surface area contributed by atoms with Gasteiger partial charge in [-0.25, -0.2) is 4.79 Å². The van der Waals surface area contributed by atoms with Gasteiger partial charge in [0.1, 0.15) is 0 Å². The van der Waals surface area contributed by atoms with Crippen LogP contribution in [0.25, 0.3) is 11.4 Å². The molecule has 0 aliphatic heterocycles. The van der Waals surface area contributed by atoms with Gasteiger partial charge in [0.25, 0.3) is 0 Å². The van der Waals surface area contributed by atoms with E-state index in [2.05, 4.69) is 20.8 Å². The summed E-state index contributed by atoms with van der Waals surface area (Å²) in [5.74, 6) is 0.891. The molecule has 0 saturated carbocycles. The first-order chi connectivity index (χ1) is 9.83. The van der Waals surface area contributed by atoms with Crippen molar-refractivity contribution in [3.63, 3.8) is 0 Å². The van der Waals surface area contributed by atoms with Gasteiger partial charge in [-0.1, -0.05) is 28.9 Å². The van der Waals surface area contributed by atoms with Crippen molar-refractivity contribution in [2.45, 2.75) is 39.8 Å². The first-order valence-corrected chi connectivity index (χ1v) is 6.79. The topological polar surface area (TPSA) is 80.0 Å². The van der Waals surface area contributed by atoms with E-state index in [0.717, 1.165) is 11.1 Å². The zero-order chi connectivity index (χ0) is 15.5. The molecule has 21 heavy (non-hydrogen) atoms. The van der Waals surface area contributed by atoms with Crippen LogP contribution in [-0.4, -0.2) is 21.7 Å². The Morgan fingerprint density at radius 1 is 1.33 bits per heavy atom. The Bertz CT molecular complexity index is 629. The standard InChI is InChI=1S/C15H20N4O2/c1-10-6-5-7-11(8-10)13-17-12(21-19-13)9-16-14(20)18-15(2,3)4/h5-8H,9H2,1-4H3,(H2,16,18,20). The van der Waals surface area contributed by atoms with Crippen LogP contribution in [-0.2, 0) is 6.54 Å². The molecule has 112 valence electrons. The number of hydrogen-bond donors (Lipinski definition) is 2. The van der Waals surface area contributed by atoms with Gasteiger partial charge in [0.2, 0.25) is 11.7 Å². The number of aromatic nitrogens is 2. The largest absolute Gasteiger partial charge is 0.337 e. The third-order valence-electron chi connectivity index (χ3n) is 2.63. The van der Waals surface area contributed by atoms with E-state index in [1.807, 2.05) is 52.0 Å². The van der Waals surface area contributed by atoms with Gasteiger partial charge in [-0.05, 0) is 33.8 Å². The smallest absolute Gasteiger partial charge is 0.315 e. The van der Waals surface area contributed by atoms with Gasteiger partial charge in [-0.15, -0.1) is 0 Å². The third-order valence-corrected chi connectivity index (χ3v) is 2.63. The Morgan fingerprint density at radius 3 is 2.76 bits per heavy atom. The fraction of sp³-hybridized carbons (Fsp3) is 0.400. The summed E-state index contributed by atoms with van der Waals surface area (Å²) in [7, 11) is 0. The molecule has 2 amide bonds. The average Bonchev–Trinajstić information content (AvgIpc) is 2.83. The molecule has 0 bridgehead atoms. The van der Waals surface area contributed by atoms with Crippen molar-refractivity contribution in [3.8, 4) is 11.4 Å². The second kappa shape index (κ2) is 5.95. The number of carbonyl (C=O) groups is 1. The number of aryl methyl sites for hydroxylation is 1. The predicted octanol–water partition coefficient (Wildman–Crippen LogP) is 2.64. The van der Waals surface area contributed by atoms with Crippen LogP contribution < -0.4 is 10.6 Å². The molecule has 6 nitrogen and oxygen atoms in total. The second-order valence-corrected chi connectivity index (χ2v) is 5.94. The van der Waals surface area contributed by atoms with Gasteiger partial charge in [-0.3, -0.25) is 0 Å². The van der Waals surface area contributed by atoms with Gasteiger partial charge in [0, 0.05) is 11.1 Å². The first kappa shape index (κ1) is 15.0. The highest BCUT2D eigenvalue weighted by molar-refractivity contribution is 5.74. The molecule has 0 spiro atoms. The lowest BCUT2D eigenvalue weighted by atomic mass is 10.1. The van der Waals surface area contributed by atoms with E-state index in [1.54, 1.807) is 0 Å². The highest BCUT2D eigenvalue weighted by Crippen LogP contribution is 2.16. The molecule has 1 heterocycles. The second-order valence-electron chi connectivity index (χ2n) is 5.94. The van der Waals surface area contributed by atoms with Crippen molar-refractivity contribution in [2.24, 2.45) is 0 Å². The third kappa shape index (κ3) is 4.59. The highest BCUT2D eigenvalue weighted by atomic mass is 16.5. The molecule has 2 aromatic rings. The Labute approximate surface area is 123 Å². The fourth-order valence-electron chi connectivity index (χ4n) is 1.77. The van der Waals surface area contributed by atoms with Gasteiger partial charge in [-0.2, -0.15) is 4.98 Å². The molecule has 0 radical (unpaired) electrons. The number of hydrogen-bond acceptors (Lipinski definition) is 4. The quantitative estimate of drug-likeness (QED) is 0.910. The van der Waals surface area contributed by atoms with Crippen molar-refractivity contribution >= 4 is 6.03 Å². The normalized spacial score (nSPS) is 11.2. The Morgan fingerprint density at radius 2 is 2.10 bits per heavy atom. The minimum atomic E-state index is -0.286. The predicted molar refractivity (Wildman–Crippen MR) is 79.6 cm³/mol. The fourth-order valence-corrected chi connectivity index (χ4v) is 1.77. The number of benzene rings is 1. The van der Waals surface area contributed by atoms with Crippen LogP contribution in [0.15, 0.2) is 28.8 Å². The maximum Gasteiger partial charge on any atom is 0.315 e. The summed E-state index contributed by atoms with van der Waals surface area (Å²) in [6, 6.07) is 7.58. The maximum atomic E-state index is 11.6. The summed E-state index contributed by atoms with van der Waals surface area (Å²) in [6.07, 6.45) is 0. The average molecular weight is 288 g/mol. The van der Waals surface area contributed by atoms with E-state index in [1.165, 1.54) is 0 Å². The van der Waals surface area contributed by atoms with Crippen molar-refractivity contribution in [1.82, 2.24) is 20.8 Å². The number of nitrogens with zero attached hydrogens (tertiary/aromatic N) is 2. The summed E-state index contributed by atoms with van der Waals surface area (Å²) in [4.78, 5) is 15.9. The molecule has 2 rings (SSSR count). The minimum absolute atomic E-state index is 0.195. The van der Waals surface area contributed by atoms with Crippen molar-refractivity contribution < 1.29 is 9.32 Å². The number of nitrogens with one attached hydrogen (secondary N) is 2. The lowest BCUT2D eigenvalue weighted by Crippen LogP contribution is -2.46. The molecular formula is C15H20N4O2. The monoisotopic (exact) mass is 288 g/mol. The summed E-state index contributed by atoms with van der Waals surface area (Å²) < 4.78 is 5.14. The molecule has 0 saturated heterocycles. The van der Waals surface area contributed by atoms with Crippen LogP contribution in [0.3, 0.4) is 0 Å². The molecule has 0 unspecified atom stereocenters. The number of urea groups is 1. The van der Waals surface area contributed by atoms with E-state index < -0.39 is 0 Å². The van der Waals surface area contributed by atoms with Crippen LogP contribution in [0.5, 0.6) is 0 Å². The summed E-state index contributed by atoms with van der Waals surface area (Å²) in [5.41, 5.74) is 1.73. The molecule has 0 fully saturated rings. The van der Waals surface area contributed by atoms with Crippen LogP contribution in [0, 0.1) is 6.92 Å². The lowest BCUT2D eigenvalue weighted by molar-refractivity contribution is 0.229. The van der Waals surface area contributed by atoms with Crippen LogP contribution in [0.4, 0.5) is 4.79 Å². The van der Waals surface area contributed by atoms with E-state index >= 15 is 0 Å². The van der Waals surface area contributed by atoms with E-state index in [9.17, 15) is 4.79 Å². The van der Waals surface area contributed by atoms with Crippen LogP contribution in [0.1, 0.15) is 32.2 Å². The first-order valence-electron chi connectivity index (χ1n) is 6.79. The Balaban J connectivity index is 1.96. The van der Waals surface area contributed by atoms with Crippen LogP contribution >= 0.6 is 0 Å². The minimum Gasteiger partial charge on any atom is -0.337 e. The molecule has 2 N–H and O–H groups in total. The molecular weight excluding hydrogens is 268 g/mol. The Hall–Kier alpha value is -2.37. The van der Waals surface area contributed by atoms with Gasteiger partial charge < -0.3 is 15.2 Å². The molecule has 1 aromatic carbocycles. The summed E-state index contributed by atoms with van der Waals surface area (Å²) in [5, 5.41) is 9.40. The van der Waals surface area contributed by atoms with E-state index in [-0.39, 0.29) is 18.1 Å². The van der Waals surface area contributed by atoms with Crippen molar-refractivity contribution in [2.75, 3.05) is 0 Å². The van der Waals surface area contributed by atoms with E-state index in [0.29, 0.717) is 11.7 Å². The van der Waals surface area contributed by atoms with Gasteiger partial charge >= 0.3 is 6.03 Å². The van der Waals surface area contributed by atoms with Gasteiger partial charge in [0.05, 0.1) is 6.54 Å². The van der Waals surface area contributed by atoms with Crippen molar-refractivity contribution in [1.29, 1.82) is 0 Å². The van der Waals surface area contributed by atoms with Crippen LogP contribution in [0.2, 0.25) is 0 Å². The number of carbonyl (C=O) groups excluding carboxylic acids is 1. The highest BCUT2D eigenvalue weighted by Gasteiger charge is 2.14. The van der Waals surface area contributed by atoms with Crippen molar-refractivity contribution in [3.05, 3.63) is 35.7 Å². The van der Waals surface area contributed by atoms with Gasteiger partial charge in [0.15, 0.2) is 0 Å². The van der Waals surface area contributed by atoms with E-state index in [4.69, 9.17) is 4.52 Å². The summed E-state index contributed by atoms with van der Waals surface area (Å²) in [6.45, 7) is 7.93. The number of amides is 2. The maximum absolute atomic E-state index is 11.6. The molecule has 1 aromatic heterocycles. The number of rotatable bonds is 3. The zero-order valence-electron chi connectivity index (χ0n) is 12.7.